The zero-order chi connectivity index (χ0) is 28.8. The number of nitrogens with zero attached hydrogens (tertiary/aromatic N) is 3. The molecule has 0 amide bonds. The van der Waals surface area contributed by atoms with Crippen LogP contribution in [-0.2, 0) is 13.9 Å². The standard InChI is InChI=1S/C30H35N3O5SSi/c1-30(2,3)40(22-16-10-6-11-17-22,23-18-12-7-13-19-23)36-20-24-27(38-28(35)21-14-8-5-9-15-21)26(34)25(32-33-31)29(37-24)39-4/h5-19,24-27,29,34H,20H2,1-4H3/t24?,25?,26?,27-,29+/m1/s1. The summed E-state index contributed by atoms with van der Waals surface area (Å²) in [6.07, 6.45) is -1.41. The van der Waals surface area contributed by atoms with Gasteiger partial charge in [-0.3, -0.25) is 0 Å². The van der Waals surface area contributed by atoms with Gasteiger partial charge >= 0.3 is 5.97 Å². The minimum absolute atomic E-state index is 0.0527. The molecule has 210 valence electrons. The van der Waals surface area contributed by atoms with Crippen molar-refractivity contribution in [1.29, 1.82) is 0 Å². The lowest BCUT2D eigenvalue weighted by molar-refractivity contribution is -0.166. The van der Waals surface area contributed by atoms with Gasteiger partial charge in [0.15, 0.2) is 6.10 Å². The average molecular weight is 578 g/mol. The Hall–Kier alpha value is -3.11. The molecule has 1 aliphatic rings. The predicted octanol–water partition coefficient (Wildman–Crippen LogP) is 4.92. The molecule has 8 nitrogen and oxygen atoms in total. The zero-order valence-electron chi connectivity index (χ0n) is 23.1. The number of esters is 1. The molecule has 0 saturated carbocycles. The van der Waals surface area contributed by atoms with Crippen molar-refractivity contribution in [3.63, 3.8) is 0 Å². The first kappa shape index (κ1) is 29.9. The van der Waals surface area contributed by atoms with Gasteiger partial charge < -0.3 is 19.0 Å². The van der Waals surface area contributed by atoms with E-state index in [0.717, 1.165) is 10.4 Å². The molecule has 0 aliphatic carbocycles. The number of aliphatic hydroxyl groups is 1. The molecule has 5 atom stereocenters. The Labute approximate surface area is 240 Å². The number of hydrogen-bond acceptors (Lipinski definition) is 7. The molecule has 0 radical (unpaired) electrons. The number of azide groups is 1. The number of aliphatic hydroxyl groups excluding tert-OH is 1. The van der Waals surface area contributed by atoms with Crippen LogP contribution in [0.2, 0.25) is 5.04 Å². The van der Waals surface area contributed by atoms with E-state index >= 15 is 0 Å². The van der Waals surface area contributed by atoms with Crippen molar-refractivity contribution in [3.05, 3.63) is 107 Å². The Kier molecular flexibility index (Phi) is 9.73. The Morgan fingerprint density at radius 2 is 1.52 bits per heavy atom. The minimum Gasteiger partial charge on any atom is -0.453 e. The minimum atomic E-state index is -2.94. The molecule has 10 heteroatoms. The molecule has 1 saturated heterocycles. The van der Waals surface area contributed by atoms with E-state index in [1.807, 2.05) is 42.7 Å². The van der Waals surface area contributed by atoms with Crippen molar-refractivity contribution in [2.45, 2.75) is 55.6 Å². The van der Waals surface area contributed by atoms with Gasteiger partial charge in [0, 0.05) is 4.91 Å². The Morgan fingerprint density at radius 1 is 1.00 bits per heavy atom. The lowest BCUT2D eigenvalue weighted by Gasteiger charge is -2.46. The summed E-state index contributed by atoms with van der Waals surface area (Å²) in [6, 6.07) is 28.0. The lowest BCUT2D eigenvalue weighted by Crippen LogP contribution is -2.68. The van der Waals surface area contributed by atoms with Gasteiger partial charge in [0.1, 0.15) is 23.7 Å². The van der Waals surface area contributed by atoms with Crippen LogP contribution in [0.3, 0.4) is 0 Å². The molecule has 0 bridgehead atoms. The van der Waals surface area contributed by atoms with Crippen LogP contribution in [0.25, 0.3) is 10.4 Å². The number of ether oxygens (including phenoxy) is 2. The summed E-state index contributed by atoms with van der Waals surface area (Å²) in [5.74, 6) is -0.606. The van der Waals surface area contributed by atoms with E-state index in [1.54, 1.807) is 30.3 Å². The molecule has 40 heavy (non-hydrogen) atoms. The summed E-state index contributed by atoms with van der Waals surface area (Å²) >= 11 is 1.32. The second-order valence-corrected chi connectivity index (χ2v) is 15.9. The van der Waals surface area contributed by atoms with Gasteiger partial charge in [-0.05, 0) is 39.3 Å². The third-order valence-electron chi connectivity index (χ3n) is 7.19. The number of hydrogen-bond donors (Lipinski definition) is 1. The molecule has 3 unspecified atom stereocenters. The quantitative estimate of drug-likeness (QED) is 0.127. The molecule has 3 aromatic carbocycles. The summed E-state index contributed by atoms with van der Waals surface area (Å²) in [4.78, 5) is 16.0. The number of thioether (sulfide) groups is 1. The Morgan fingerprint density at radius 3 is 2.00 bits per heavy atom. The molecule has 4 rings (SSSR count). The third-order valence-corrected chi connectivity index (χ3v) is 13.1. The SMILES string of the molecule is CS[C@@H]1OC(CO[Si](c2ccccc2)(c2ccccc2)C(C)(C)C)[C@@H](OC(=O)c2ccccc2)C(O)C1N=[N+]=[N-]. The fourth-order valence-electron chi connectivity index (χ4n) is 5.30. The zero-order valence-corrected chi connectivity index (χ0v) is 24.9. The molecule has 1 heterocycles. The Balaban J connectivity index is 1.74. The Bertz CT molecular complexity index is 1260. The first-order chi connectivity index (χ1) is 19.2. The average Bonchev–Trinajstić information content (AvgIpc) is 2.97. The number of benzene rings is 3. The molecule has 1 aliphatic heterocycles. The van der Waals surface area contributed by atoms with Gasteiger partial charge in [-0.25, -0.2) is 4.79 Å². The highest BCUT2D eigenvalue weighted by Gasteiger charge is 2.53. The van der Waals surface area contributed by atoms with Crippen LogP contribution >= 0.6 is 11.8 Å². The maximum absolute atomic E-state index is 13.1. The highest BCUT2D eigenvalue weighted by molar-refractivity contribution is 7.99. The van der Waals surface area contributed by atoms with Crippen molar-refractivity contribution in [2.24, 2.45) is 5.11 Å². The second kappa shape index (κ2) is 13.0. The van der Waals surface area contributed by atoms with Crippen LogP contribution < -0.4 is 10.4 Å². The normalized spacial score (nSPS) is 23.2. The summed E-state index contributed by atoms with van der Waals surface area (Å²) in [6.45, 7) is 6.57. The molecule has 1 fully saturated rings. The van der Waals surface area contributed by atoms with E-state index < -0.39 is 44.1 Å². The maximum atomic E-state index is 13.1. The van der Waals surface area contributed by atoms with Crippen molar-refractivity contribution in [3.8, 4) is 0 Å². The summed E-state index contributed by atoms with van der Waals surface area (Å²) in [5, 5.41) is 17.1. The highest BCUT2D eigenvalue weighted by atomic mass is 32.2. The van der Waals surface area contributed by atoms with Crippen molar-refractivity contribution in [1.82, 2.24) is 0 Å². The summed E-state index contributed by atoms with van der Waals surface area (Å²) in [5.41, 5.74) is 8.86. The first-order valence-corrected chi connectivity index (χ1v) is 16.3. The van der Waals surface area contributed by atoms with Crippen LogP contribution in [0.1, 0.15) is 31.1 Å². The van der Waals surface area contributed by atoms with Crippen molar-refractivity contribution < 1.29 is 23.8 Å². The van der Waals surface area contributed by atoms with Gasteiger partial charge in [-0.15, -0.1) is 11.8 Å². The molecular formula is C30H35N3O5SSi. The van der Waals surface area contributed by atoms with E-state index in [0.29, 0.717) is 5.56 Å². The lowest BCUT2D eigenvalue weighted by atomic mass is 9.98. The largest absolute Gasteiger partial charge is 0.453 e. The van der Waals surface area contributed by atoms with Crippen LogP contribution in [0.5, 0.6) is 0 Å². The fraction of sp³-hybridized carbons (Fsp3) is 0.367. The molecule has 0 spiro atoms. The van der Waals surface area contributed by atoms with Crippen molar-refractivity contribution in [2.75, 3.05) is 12.9 Å². The van der Waals surface area contributed by atoms with E-state index in [1.165, 1.54) is 11.8 Å². The maximum Gasteiger partial charge on any atom is 0.338 e. The van der Waals surface area contributed by atoms with Crippen LogP contribution in [0.15, 0.2) is 96.1 Å². The highest BCUT2D eigenvalue weighted by Crippen LogP contribution is 2.38. The first-order valence-electron chi connectivity index (χ1n) is 13.1. The number of carbonyl (C=O) groups excluding carboxylic acids is 1. The predicted molar refractivity (Wildman–Crippen MR) is 160 cm³/mol. The number of rotatable bonds is 9. The molecular weight excluding hydrogens is 542 g/mol. The smallest absolute Gasteiger partial charge is 0.338 e. The topological polar surface area (TPSA) is 114 Å². The van der Waals surface area contributed by atoms with Crippen LogP contribution in [-0.4, -0.2) is 62.0 Å². The molecule has 3 aromatic rings. The van der Waals surface area contributed by atoms with Gasteiger partial charge in [-0.1, -0.05) is 105 Å². The van der Waals surface area contributed by atoms with Crippen LogP contribution in [0.4, 0.5) is 0 Å². The van der Waals surface area contributed by atoms with Crippen molar-refractivity contribution >= 4 is 36.4 Å². The summed E-state index contributed by atoms with van der Waals surface area (Å²) in [7, 11) is -2.94. The fourth-order valence-corrected chi connectivity index (χ4v) is 10.6. The van der Waals surface area contributed by atoms with E-state index in [2.05, 4.69) is 55.1 Å². The summed E-state index contributed by atoms with van der Waals surface area (Å²) < 4.78 is 19.3. The monoisotopic (exact) mass is 577 g/mol. The third kappa shape index (κ3) is 6.12. The van der Waals surface area contributed by atoms with Gasteiger partial charge in [0.05, 0.1) is 12.2 Å². The van der Waals surface area contributed by atoms with E-state index in [9.17, 15) is 9.90 Å². The van der Waals surface area contributed by atoms with Crippen LogP contribution in [0, 0.1) is 0 Å². The number of carbonyl (C=O) groups is 1. The molecule has 1 N–H and O–H groups in total. The molecule has 0 aromatic heterocycles. The van der Waals surface area contributed by atoms with E-state index in [-0.39, 0.29) is 11.6 Å². The van der Waals surface area contributed by atoms with Gasteiger partial charge in [0.2, 0.25) is 0 Å². The second-order valence-electron chi connectivity index (χ2n) is 10.7. The van der Waals surface area contributed by atoms with E-state index in [4.69, 9.17) is 19.4 Å². The van der Waals surface area contributed by atoms with Gasteiger partial charge in [0.25, 0.3) is 8.32 Å². The van der Waals surface area contributed by atoms with Gasteiger partial charge in [-0.2, -0.15) is 0 Å².